The highest BCUT2D eigenvalue weighted by Gasteiger charge is 2.08. The van der Waals surface area contributed by atoms with Gasteiger partial charge in [-0.1, -0.05) is 36.9 Å². The SMILES string of the molecule is C=C(C)C(=O)OC(C)NCCc1ccccc1. The summed E-state index contributed by atoms with van der Waals surface area (Å²) >= 11 is 0. The van der Waals surface area contributed by atoms with E-state index in [1.165, 1.54) is 5.56 Å². The van der Waals surface area contributed by atoms with Crippen molar-refractivity contribution in [3.63, 3.8) is 0 Å². The van der Waals surface area contributed by atoms with E-state index in [0.29, 0.717) is 5.57 Å². The zero-order valence-electron chi connectivity index (χ0n) is 10.4. The van der Waals surface area contributed by atoms with E-state index in [4.69, 9.17) is 4.74 Å². The first-order valence-corrected chi connectivity index (χ1v) is 5.73. The molecule has 0 fully saturated rings. The number of esters is 1. The zero-order chi connectivity index (χ0) is 12.7. The van der Waals surface area contributed by atoms with E-state index in [2.05, 4.69) is 24.0 Å². The molecule has 17 heavy (non-hydrogen) atoms. The third-order valence-electron chi connectivity index (χ3n) is 2.32. The molecule has 0 radical (unpaired) electrons. The minimum atomic E-state index is -0.357. The Kier molecular flexibility index (Phi) is 5.43. The molecule has 0 saturated carbocycles. The topological polar surface area (TPSA) is 38.3 Å². The van der Waals surface area contributed by atoms with Gasteiger partial charge in [0.2, 0.25) is 0 Å². The Morgan fingerprint density at radius 3 is 2.65 bits per heavy atom. The number of hydrogen-bond acceptors (Lipinski definition) is 3. The van der Waals surface area contributed by atoms with E-state index in [0.717, 1.165) is 13.0 Å². The lowest BCUT2D eigenvalue weighted by molar-refractivity contribution is -0.144. The maximum absolute atomic E-state index is 11.2. The van der Waals surface area contributed by atoms with Crippen LogP contribution in [0.15, 0.2) is 42.5 Å². The molecule has 3 nitrogen and oxygen atoms in total. The van der Waals surface area contributed by atoms with E-state index in [1.54, 1.807) is 6.92 Å². The van der Waals surface area contributed by atoms with Crippen molar-refractivity contribution < 1.29 is 9.53 Å². The molecule has 3 heteroatoms. The van der Waals surface area contributed by atoms with E-state index in [-0.39, 0.29) is 12.2 Å². The van der Waals surface area contributed by atoms with E-state index in [1.807, 2.05) is 25.1 Å². The Hall–Kier alpha value is -1.61. The second-order valence-corrected chi connectivity index (χ2v) is 4.02. The smallest absolute Gasteiger partial charge is 0.334 e. The largest absolute Gasteiger partial charge is 0.444 e. The van der Waals surface area contributed by atoms with Crippen molar-refractivity contribution in [2.45, 2.75) is 26.5 Å². The van der Waals surface area contributed by atoms with Gasteiger partial charge in [-0.25, -0.2) is 4.79 Å². The summed E-state index contributed by atoms with van der Waals surface area (Å²) in [5.74, 6) is -0.357. The van der Waals surface area contributed by atoms with Gasteiger partial charge in [0.05, 0.1) is 0 Å². The second kappa shape index (κ2) is 6.86. The van der Waals surface area contributed by atoms with Gasteiger partial charge in [0.1, 0.15) is 0 Å². The van der Waals surface area contributed by atoms with E-state index >= 15 is 0 Å². The summed E-state index contributed by atoms with van der Waals surface area (Å²) in [7, 11) is 0. The lowest BCUT2D eigenvalue weighted by atomic mass is 10.1. The van der Waals surface area contributed by atoms with Crippen molar-refractivity contribution in [3.8, 4) is 0 Å². The summed E-state index contributed by atoms with van der Waals surface area (Å²) < 4.78 is 5.10. The molecule has 1 aromatic carbocycles. The highest BCUT2D eigenvalue weighted by molar-refractivity contribution is 5.87. The monoisotopic (exact) mass is 233 g/mol. The van der Waals surface area contributed by atoms with Gasteiger partial charge in [-0.15, -0.1) is 0 Å². The third-order valence-corrected chi connectivity index (χ3v) is 2.32. The average Bonchev–Trinajstić information content (AvgIpc) is 2.30. The highest BCUT2D eigenvalue weighted by atomic mass is 16.6. The standard InChI is InChI=1S/C14H19NO2/c1-11(2)14(16)17-12(3)15-10-9-13-7-5-4-6-8-13/h4-8,12,15H,1,9-10H2,2-3H3. The molecule has 0 aliphatic heterocycles. The molecule has 0 aliphatic rings. The van der Waals surface area contributed by atoms with Crippen molar-refractivity contribution >= 4 is 5.97 Å². The van der Waals surface area contributed by atoms with Gasteiger partial charge in [0, 0.05) is 12.1 Å². The Balaban J connectivity index is 2.23. The van der Waals surface area contributed by atoms with Crippen molar-refractivity contribution in [2.75, 3.05) is 6.54 Å². The summed E-state index contributed by atoms with van der Waals surface area (Å²) in [6.45, 7) is 7.76. The number of nitrogens with one attached hydrogen (secondary N) is 1. The Bertz CT molecular complexity index is 373. The summed E-state index contributed by atoms with van der Waals surface area (Å²) in [6, 6.07) is 10.2. The number of ether oxygens (including phenoxy) is 1. The molecule has 0 amide bonds. The molecule has 0 bridgehead atoms. The molecular formula is C14H19NO2. The fraction of sp³-hybridized carbons (Fsp3) is 0.357. The van der Waals surface area contributed by atoms with Crippen LogP contribution in [0, 0.1) is 0 Å². The summed E-state index contributed by atoms with van der Waals surface area (Å²) in [6.07, 6.45) is 0.624. The van der Waals surface area contributed by atoms with Crippen molar-refractivity contribution in [1.29, 1.82) is 0 Å². The molecule has 0 aromatic heterocycles. The first-order chi connectivity index (χ1) is 8.09. The number of benzene rings is 1. The maximum atomic E-state index is 11.2. The van der Waals surface area contributed by atoms with Gasteiger partial charge in [-0.05, 0) is 25.8 Å². The van der Waals surface area contributed by atoms with Crippen LogP contribution >= 0.6 is 0 Å². The van der Waals surface area contributed by atoms with Crippen LogP contribution < -0.4 is 5.32 Å². The molecule has 0 heterocycles. The predicted octanol–water partition coefficient (Wildman–Crippen LogP) is 2.28. The Morgan fingerprint density at radius 1 is 1.41 bits per heavy atom. The van der Waals surface area contributed by atoms with Gasteiger partial charge in [-0.3, -0.25) is 5.32 Å². The molecule has 92 valence electrons. The summed E-state index contributed by atoms with van der Waals surface area (Å²) in [4.78, 5) is 11.2. The lowest BCUT2D eigenvalue weighted by Crippen LogP contribution is -2.32. The van der Waals surface area contributed by atoms with Crippen molar-refractivity contribution in [1.82, 2.24) is 5.32 Å². The van der Waals surface area contributed by atoms with Crippen LogP contribution in [0.25, 0.3) is 0 Å². The van der Waals surface area contributed by atoms with E-state index < -0.39 is 0 Å². The fourth-order valence-electron chi connectivity index (χ4n) is 1.37. The predicted molar refractivity (Wildman–Crippen MR) is 68.5 cm³/mol. The Labute approximate surface area is 102 Å². The molecule has 1 aromatic rings. The first-order valence-electron chi connectivity index (χ1n) is 5.73. The molecule has 0 saturated heterocycles. The van der Waals surface area contributed by atoms with E-state index in [9.17, 15) is 4.79 Å². The zero-order valence-corrected chi connectivity index (χ0v) is 10.4. The summed E-state index contributed by atoms with van der Waals surface area (Å²) in [5, 5.41) is 3.13. The minimum Gasteiger partial charge on any atom is -0.444 e. The lowest BCUT2D eigenvalue weighted by Gasteiger charge is -2.14. The van der Waals surface area contributed by atoms with Crippen LogP contribution in [0.1, 0.15) is 19.4 Å². The second-order valence-electron chi connectivity index (χ2n) is 4.02. The van der Waals surface area contributed by atoms with Crippen LogP contribution in [-0.2, 0) is 16.0 Å². The Morgan fingerprint density at radius 2 is 2.06 bits per heavy atom. The molecular weight excluding hydrogens is 214 g/mol. The number of carbonyl (C=O) groups is 1. The van der Waals surface area contributed by atoms with Gasteiger partial charge in [0.15, 0.2) is 6.23 Å². The normalized spacial score (nSPS) is 11.9. The number of hydrogen-bond donors (Lipinski definition) is 1. The molecule has 1 rings (SSSR count). The molecule has 0 aliphatic carbocycles. The third kappa shape index (κ3) is 5.31. The molecule has 1 N–H and O–H groups in total. The molecule has 1 unspecified atom stereocenters. The highest BCUT2D eigenvalue weighted by Crippen LogP contribution is 1.99. The van der Waals surface area contributed by atoms with Crippen LogP contribution in [-0.4, -0.2) is 18.7 Å². The van der Waals surface area contributed by atoms with Crippen LogP contribution in [0.5, 0.6) is 0 Å². The van der Waals surface area contributed by atoms with Gasteiger partial charge >= 0.3 is 5.97 Å². The molecule has 1 atom stereocenters. The summed E-state index contributed by atoms with van der Waals surface area (Å²) in [5.41, 5.74) is 1.68. The quantitative estimate of drug-likeness (QED) is 0.465. The molecule has 0 spiro atoms. The van der Waals surface area contributed by atoms with Crippen LogP contribution in [0.3, 0.4) is 0 Å². The van der Waals surface area contributed by atoms with Gasteiger partial charge in [-0.2, -0.15) is 0 Å². The van der Waals surface area contributed by atoms with Crippen molar-refractivity contribution in [3.05, 3.63) is 48.0 Å². The van der Waals surface area contributed by atoms with Gasteiger partial charge in [0.25, 0.3) is 0 Å². The van der Waals surface area contributed by atoms with Gasteiger partial charge < -0.3 is 4.74 Å². The average molecular weight is 233 g/mol. The van der Waals surface area contributed by atoms with Crippen LogP contribution in [0.2, 0.25) is 0 Å². The van der Waals surface area contributed by atoms with Crippen LogP contribution in [0.4, 0.5) is 0 Å². The number of carbonyl (C=O) groups excluding carboxylic acids is 1. The first kappa shape index (κ1) is 13.5. The fourth-order valence-corrected chi connectivity index (χ4v) is 1.37. The minimum absolute atomic E-state index is 0.289. The number of rotatable bonds is 6. The van der Waals surface area contributed by atoms with Crippen molar-refractivity contribution in [2.24, 2.45) is 0 Å². The maximum Gasteiger partial charge on any atom is 0.334 e.